The Balaban J connectivity index is 1.43. The van der Waals surface area contributed by atoms with Gasteiger partial charge in [0.1, 0.15) is 0 Å². The van der Waals surface area contributed by atoms with Crippen LogP contribution in [0.15, 0.2) is 47.2 Å². The molecule has 3 aromatic rings. The molecule has 0 radical (unpaired) electrons. The van der Waals surface area contributed by atoms with Gasteiger partial charge >= 0.3 is 0 Å². The molecule has 1 N–H and O–H groups in total. The predicted octanol–water partition coefficient (Wildman–Crippen LogP) is 3.53. The molecule has 8 nitrogen and oxygen atoms in total. The number of nitrogens with zero attached hydrogens (tertiary/aromatic N) is 4. The van der Waals surface area contributed by atoms with E-state index in [0.29, 0.717) is 28.7 Å². The number of carbonyl (C=O) groups excluding carboxylic acids is 2. The van der Waals surface area contributed by atoms with Crippen molar-refractivity contribution < 1.29 is 14.3 Å². The number of rotatable bonds is 11. The number of nitrogens with one attached hydrogen (secondary N) is 1. The van der Waals surface area contributed by atoms with Crippen LogP contribution in [0.2, 0.25) is 0 Å². The first-order valence-corrected chi connectivity index (χ1v) is 13.9. The van der Waals surface area contributed by atoms with E-state index in [-0.39, 0.29) is 11.8 Å². The minimum Gasteiger partial charge on any atom is -0.379 e. The fourth-order valence-electron chi connectivity index (χ4n) is 3.90. The Morgan fingerprint density at radius 3 is 2.56 bits per heavy atom. The molecule has 1 fully saturated rings. The first-order valence-electron chi connectivity index (χ1n) is 12.2. The van der Waals surface area contributed by atoms with Crippen molar-refractivity contribution in [3.05, 3.63) is 57.6 Å². The Labute approximate surface area is 220 Å². The van der Waals surface area contributed by atoms with Crippen molar-refractivity contribution >= 4 is 39.6 Å². The molecule has 1 aliphatic rings. The zero-order valence-electron chi connectivity index (χ0n) is 20.8. The van der Waals surface area contributed by atoms with Gasteiger partial charge in [0.25, 0.3) is 11.8 Å². The maximum Gasteiger partial charge on any atom is 0.270 e. The number of thiazole rings is 1. The van der Waals surface area contributed by atoms with Gasteiger partial charge in [0.05, 0.1) is 23.8 Å². The molecule has 0 saturated carbocycles. The van der Waals surface area contributed by atoms with Crippen molar-refractivity contribution in [3.8, 4) is 11.3 Å². The minimum absolute atomic E-state index is 0.0161. The summed E-state index contributed by atoms with van der Waals surface area (Å²) in [6, 6.07) is 11.2. The number of hydrogen-bond donors (Lipinski definition) is 1. The summed E-state index contributed by atoms with van der Waals surface area (Å²) in [5.74, 6) is -0.104. The summed E-state index contributed by atoms with van der Waals surface area (Å²) in [4.78, 5) is 37.4. The zero-order chi connectivity index (χ0) is 25.3. The smallest absolute Gasteiger partial charge is 0.270 e. The fourth-order valence-corrected chi connectivity index (χ4v) is 5.43. The molecular formula is C26H33N5O3S2. The number of likely N-dealkylation sites (N-methyl/N-ethyl adjacent to an activating group) is 1. The average molecular weight is 528 g/mol. The van der Waals surface area contributed by atoms with Crippen LogP contribution in [0.4, 0.5) is 5.13 Å². The van der Waals surface area contributed by atoms with Crippen LogP contribution in [0.5, 0.6) is 0 Å². The molecule has 0 aliphatic carbocycles. The molecule has 1 saturated heterocycles. The second-order valence-electron chi connectivity index (χ2n) is 8.89. The standard InChI is InChI=1S/C26H33N5O3S2/c1-29(2)13-10-27-24(32)21-8-6-20(7-9-21)22-19-36-26(28-22)31(25(33)23-5-3-18-35-23)12-4-11-30-14-16-34-17-15-30/h3,5-9,18-19H,4,10-17H2,1-2H3,(H,27,32). The first-order chi connectivity index (χ1) is 17.5. The van der Waals surface area contributed by atoms with Crippen LogP contribution in [0.3, 0.4) is 0 Å². The highest BCUT2D eigenvalue weighted by Gasteiger charge is 2.22. The number of benzene rings is 1. The van der Waals surface area contributed by atoms with Crippen molar-refractivity contribution in [2.45, 2.75) is 6.42 Å². The van der Waals surface area contributed by atoms with Crippen molar-refractivity contribution in [3.63, 3.8) is 0 Å². The molecular weight excluding hydrogens is 494 g/mol. The SMILES string of the molecule is CN(C)CCNC(=O)c1ccc(-c2csc(N(CCCN3CCOCC3)C(=O)c3cccs3)n2)cc1. The Hall–Kier alpha value is -2.63. The van der Waals surface area contributed by atoms with Crippen molar-refractivity contribution in [2.75, 3.05) is 71.5 Å². The quantitative estimate of drug-likeness (QED) is 0.411. The highest BCUT2D eigenvalue weighted by Crippen LogP contribution is 2.29. The molecule has 1 aliphatic heterocycles. The van der Waals surface area contributed by atoms with E-state index in [9.17, 15) is 9.59 Å². The number of morpholine rings is 1. The van der Waals surface area contributed by atoms with Crippen LogP contribution in [0, 0.1) is 0 Å². The van der Waals surface area contributed by atoms with Gasteiger partial charge in [-0.2, -0.15) is 0 Å². The van der Waals surface area contributed by atoms with E-state index in [0.717, 1.165) is 57.1 Å². The number of thiophene rings is 1. The maximum atomic E-state index is 13.3. The Morgan fingerprint density at radius 1 is 1.08 bits per heavy atom. The summed E-state index contributed by atoms with van der Waals surface area (Å²) in [5.41, 5.74) is 2.33. The lowest BCUT2D eigenvalue weighted by atomic mass is 10.1. The van der Waals surface area contributed by atoms with Crippen LogP contribution >= 0.6 is 22.7 Å². The molecule has 4 rings (SSSR count). The fraction of sp³-hybridized carbons (Fsp3) is 0.423. The predicted molar refractivity (Wildman–Crippen MR) is 146 cm³/mol. The normalized spacial score (nSPS) is 14.2. The van der Waals surface area contributed by atoms with Gasteiger partial charge in [0.2, 0.25) is 0 Å². The van der Waals surface area contributed by atoms with Gasteiger partial charge in [-0.25, -0.2) is 4.98 Å². The van der Waals surface area contributed by atoms with Crippen LogP contribution in [-0.4, -0.2) is 93.2 Å². The zero-order valence-corrected chi connectivity index (χ0v) is 22.4. The van der Waals surface area contributed by atoms with Crippen molar-refractivity contribution in [2.24, 2.45) is 0 Å². The maximum absolute atomic E-state index is 13.3. The summed E-state index contributed by atoms with van der Waals surface area (Å²) in [7, 11) is 3.95. The van der Waals surface area contributed by atoms with Gasteiger partial charge in [-0.1, -0.05) is 18.2 Å². The molecule has 36 heavy (non-hydrogen) atoms. The van der Waals surface area contributed by atoms with E-state index >= 15 is 0 Å². The third-order valence-electron chi connectivity index (χ3n) is 5.95. The van der Waals surface area contributed by atoms with Crippen molar-refractivity contribution in [1.29, 1.82) is 0 Å². The molecule has 10 heteroatoms. The third-order valence-corrected chi connectivity index (χ3v) is 7.67. The van der Waals surface area contributed by atoms with Crippen LogP contribution < -0.4 is 10.2 Å². The lowest BCUT2D eigenvalue weighted by Gasteiger charge is -2.27. The average Bonchev–Trinajstić information content (AvgIpc) is 3.60. The number of aromatic nitrogens is 1. The van der Waals surface area contributed by atoms with Gasteiger partial charge < -0.3 is 15.0 Å². The number of anilines is 1. The third kappa shape index (κ3) is 7.21. The van der Waals surface area contributed by atoms with Gasteiger partial charge in [0.15, 0.2) is 5.13 Å². The molecule has 192 valence electrons. The van der Waals surface area contributed by atoms with E-state index in [1.54, 1.807) is 4.90 Å². The Kier molecular flexibility index (Phi) is 9.60. The van der Waals surface area contributed by atoms with Crippen LogP contribution in [-0.2, 0) is 4.74 Å². The Morgan fingerprint density at radius 2 is 1.86 bits per heavy atom. The molecule has 0 spiro atoms. The highest BCUT2D eigenvalue weighted by atomic mass is 32.1. The van der Waals surface area contributed by atoms with Crippen LogP contribution in [0.1, 0.15) is 26.5 Å². The molecule has 3 heterocycles. The molecule has 0 unspecified atom stereocenters. The van der Waals surface area contributed by atoms with Gasteiger partial charge in [-0.05, 0) is 44.1 Å². The van der Waals surface area contributed by atoms with Gasteiger partial charge in [-0.15, -0.1) is 22.7 Å². The summed E-state index contributed by atoms with van der Waals surface area (Å²) < 4.78 is 5.44. The van der Waals surface area contributed by atoms with E-state index in [1.807, 2.05) is 66.2 Å². The topological polar surface area (TPSA) is 78.0 Å². The summed E-state index contributed by atoms with van der Waals surface area (Å²) >= 11 is 2.92. The molecule has 1 aromatic carbocycles. The summed E-state index contributed by atoms with van der Waals surface area (Å²) in [6.07, 6.45) is 0.865. The molecule has 0 bridgehead atoms. The molecule has 2 aromatic heterocycles. The Bertz CT molecular complexity index is 1110. The van der Waals surface area contributed by atoms with E-state index in [2.05, 4.69) is 10.2 Å². The highest BCUT2D eigenvalue weighted by molar-refractivity contribution is 7.14. The second kappa shape index (κ2) is 13.1. The number of amides is 2. The largest absolute Gasteiger partial charge is 0.379 e. The van der Waals surface area contributed by atoms with E-state index < -0.39 is 0 Å². The minimum atomic E-state index is -0.0876. The summed E-state index contributed by atoms with van der Waals surface area (Å²) in [5, 5.41) is 7.51. The van der Waals surface area contributed by atoms with Gasteiger partial charge in [-0.3, -0.25) is 19.4 Å². The monoisotopic (exact) mass is 527 g/mol. The van der Waals surface area contributed by atoms with E-state index in [1.165, 1.54) is 22.7 Å². The molecule has 0 atom stereocenters. The lowest BCUT2D eigenvalue weighted by Crippen LogP contribution is -2.39. The summed E-state index contributed by atoms with van der Waals surface area (Å²) in [6.45, 7) is 6.32. The number of hydrogen-bond acceptors (Lipinski definition) is 8. The molecule has 2 amide bonds. The van der Waals surface area contributed by atoms with Crippen LogP contribution in [0.25, 0.3) is 11.3 Å². The van der Waals surface area contributed by atoms with Gasteiger partial charge in [0, 0.05) is 55.8 Å². The first kappa shape index (κ1) is 26.4. The lowest BCUT2D eigenvalue weighted by molar-refractivity contribution is 0.0376. The number of ether oxygens (including phenoxy) is 1. The van der Waals surface area contributed by atoms with E-state index in [4.69, 9.17) is 9.72 Å². The second-order valence-corrected chi connectivity index (χ2v) is 10.7. The number of carbonyl (C=O) groups is 2. The van der Waals surface area contributed by atoms with Crippen molar-refractivity contribution in [1.82, 2.24) is 20.1 Å².